The molecule has 2 nitrogen and oxygen atoms in total. The van der Waals surface area contributed by atoms with E-state index in [1.54, 1.807) is 11.3 Å². The van der Waals surface area contributed by atoms with Crippen LogP contribution in [-0.2, 0) is 0 Å². The molecule has 0 radical (unpaired) electrons. The zero-order valence-electron chi connectivity index (χ0n) is 18.5. The lowest BCUT2D eigenvalue weighted by Crippen LogP contribution is -1.92. The highest BCUT2D eigenvalue weighted by Gasteiger charge is 2.19. The summed E-state index contributed by atoms with van der Waals surface area (Å²) in [6.45, 7) is 2.11. The highest BCUT2D eigenvalue weighted by atomic mass is 32.1. The Morgan fingerprint density at radius 2 is 1.47 bits per heavy atom. The Kier molecular flexibility index (Phi) is 4.03. The maximum absolute atomic E-state index is 10.1. The van der Waals surface area contributed by atoms with Gasteiger partial charge in [0.25, 0.3) is 0 Å². The fourth-order valence-corrected chi connectivity index (χ4v) is 6.13. The SMILES string of the molecule is Cc1ccc(-c2ccc3ccc4c(-c5nc6ccccc6s5)cc(C#N)c5ccc2c3c54)cc1. The second kappa shape index (κ2) is 7.12. The van der Waals surface area contributed by atoms with E-state index in [1.807, 2.05) is 24.3 Å². The van der Waals surface area contributed by atoms with Gasteiger partial charge in [0.05, 0.1) is 21.8 Å². The van der Waals surface area contributed by atoms with Crippen LogP contribution >= 0.6 is 11.3 Å². The predicted octanol–water partition coefficient (Wildman–Crippen LogP) is 8.71. The third-order valence-electron chi connectivity index (χ3n) is 6.79. The molecule has 7 aromatic rings. The lowest BCUT2D eigenvalue weighted by atomic mass is 9.87. The Morgan fingerprint density at radius 3 is 2.29 bits per heavy atom. The Morgan fingerprint density at radius 1 is 0.735 bits per heavy atom. The standard InChI is InChI=1S/C31H18N2S/c1-18-6-8-19(9-7-18)22-12-10-20-11-13-25-26(31-33-27-4-2-3-5-28(27)34-31)16-21(17-32)23-14-15-24(22)29(20)30(23)25/h2-16H,1H3. The average Bonchev–Trinajstić information content (AvgIpc) is 3.31. The first-order valence-electron chi connectivity index (χ1n) is 11.3. The van der Waals surface area contributed by atoms with Gasteiger partial charge in [0, 0.05) is 10.9 Å². The van der Waals surface area contributed by atoms with Crippen molar-refractivity contribution in [1.29, 1.82) is 5.26 Å². The summed E-state index contributed by atoms with van der Waals surface area (Å²) in [5.41, 5.74) is 6.38. The molecule has 0 aliphatic heterocycles. The largest absolute Gasteiger partial charge is 0.236 e. The van der Waals surface area contributed by atoms with Crippen molar-refractivity contribution in [2.75, 3.05) is 0 Å². The molecule has 1 aromatic heterocycles. The van der Waals surface area contributed by atoms with Crippen LogP contribution in [0, 0.1) is 18.3 Å². The van der Waals surface area contributed by atoms with E-state index >= 15 is 0 Å². The Bertz CT molecular complexity index is 1890. The lowest BCUT2D eigenvalue weighted by Gasteiger charge is -2.16. The van der Waals surface area contributed by atoms with Crippen molar-refractivity contribution < 1.29 is 0 Å². The summed E-state index contributed by atoms with van der Waals surface area (Å²) in [5, 5.41) is 17.9. The van der Waals surface area contributed by atoms with E-state index in [1.165, 1.54) is 32.8 Å². The minimum absolute atomic E-state index is 0.692. The number of nitriles is 1. The molecular formula is C31H18N2S. The van der Waals surface area contributed by atoms with E-state index in [-0.39, 0.29) is 0 Å². The molecule has 0 spiro atoms. The van der Waals surface area contributed by atoms with Crippen molar-refractivity contribution in [2.45, 2.75) is 6.92 Å². The van der Waals surface area contributed by atoms with Gasteiger partial charge in [-0.3, -0.25) is 0 Å². The van der Waals surface area contributed by atoms with Crippen molar-refractivity contribution in [2.24, 2.45) is 0 Å². The van der Waals surface area contributed by atoms with E-state index in [2.05, 4.69) is 79.7 Å². The van der Waals surface area contributed by atoms with Crippen LogP contribution in [0.2, 0.25) is 0 Å². The Hall–Kier alpha value is -4.26. The van der Waals surface area contributed by atoms with Crippen molar-refractivity contribution in [3.8, 4) is 27.8 Å². The van der Waals surface area contributed by atoms with Gasteiger partial charge in [-0.25, -0.2) is 4.98 Å². The van der Waals surface area contributed by atoms with Gasteiger partial charge >= 0.3 is 0 Å². The normalized spacial score (nSPS) is 11.6. The molecule has 0 saturated carbocycles. The highest BCUT2D eigenvalue weighted by molar-refractivity contribution is 7.21. The van der Waals surface area contributed by atoms with E-state index in [0.29, 0.717) is 5.56 Å². The summed E-state index contributed by atoms with van der Waals surface area (Å²) in [5.74, 6) is 0. The summed E-state index contributed by atoms with van der Waals surface area (Å²) in [6, 6.07) is 34.5. The smallest absolute Gasteiger partial charge is 0.125 e. The molecule has 3 heteroatoms. The molecule has 0 amide bonds. The number of aryl methyl sites for hydroxylation is 1. The summed E-state index contributed by atoms with van der Waals surface area (Å²) < 4.78 is 1.16. The van der Waals surface area contributed by atoms with Gasteiger partial charge in [0.2, 0.25) is 0 Å². The monoisotopic (exact) mass is 450 g/mol. The topological polar surface area (TPSA) is 36.7 Å². The van der Waals surface area contributed by atoms with Crippen LogP contribution in [0.1, 0.15) is 11.1 Å². The lowest BCUT2D eigenvalue weighted by molar-refractivity contribution is 1.47. The fraction of sp³-hybridized carbons (Fsp3) is 0.0323. The summed E-state index contributed by atoms with van der Waals surface area (Å²) >= 11 is 1.68. The highest BCUT2D eigenvalue weighted by Crippen LogP contribution is 2.44. The third-order valence-corrected chi connectivity index (χ3v) is 7.86. The molecule has 0 N–H and O–H groups in total. The number of rotatable bonds is 2. The van der Waals surface area contributed by atoms with Gasteiger partial charge in [-0.2, -0.15) is 5.26 Å². The van der Waals surface area contributed by atoms with Gasteiger partial charge in [0.1, 0.15) is 5.01 Å². The predicted molar refractivity (Wildman–Crippen MR) is 144 cm³/mol. The first-order chi connectivity index (χ1) is 16.7. The maximum Gasteiger partial charge on any atom is 0.125 e. The molecule has 34 heavy (non-hydrogen) atoms. The molecule has 0 unspecified atom stereocenters. The first kappa shape index (κ1) is 19.2. The fourth-order valence-electron chi connectivity index (χ4n) is 5.14. The zero-order chi connectivity index (χ0) is 22.8. The van der Waals surface area contributed by atoms with Crippen LogP contribution in [0.3, 0.4) is 0 Å². The van der Waals surface area contributed by atoms with Crippen LogP contribution in [-0.4, -0.2) is 4.98 Å². The average molecular weight is 451 g/mol. The van der Waals surface area contributed by atoms with Gasteiger partial charge in [-0.15, -0.1) is 11.3 Å². The molecule has 7 rings (SSSR count). The number of benzene rings is 6. The molecule has 0 aliphatic rings. The number of nitrogens with zero attached hydrogens (tertiary/aromatic N) is 2. The Balaban J connectivity index is 1.61. The van der Waals surface area contributed by atoms with Crippen LogP contribution < -0.4 is 0 Å². The molecule has 158 valence electrons. The van der Waals surface area contributed by atoms with Crippen molar-refractivity contribution in [3.63, 3.8) is 0 Å². The quantitative estimate of drug-likeness (QED) is 0.247. The number of hydrogen-bond acceptors (Lipinski definition) is 3. The van der Waals surface area contributed by atoms with E-state index in [9.17, 15) is 5.26 Å². The second-order valence-electron chi connectivity index (χ2n) is 8.80. The number of thiazole rings is 1. The van der Waals surface area contributed by atoms with Crippen LogP contribution in [0.25, 0.3) is 64.2 Å². The van der Waals surface area contributed by atoms with Gasteiger partial charge in [-0.1, -0.05) is 78.4 Å². The second-order valence-corrected chi connectivity index (χ2v) is 9.83. The van der Waals surface area contributed by atoms with E-state index in [0.717, 1.165) is 36.9 Å². The molecule has 0 atom stereocenters. The van der Waals surface area contributed by atoms with Gasteiger partial charge in [0.15, 0.2) is 0 Å². The summed E-state index contributed by atoms with van der Waals surface area (Å²) in [4.78, 5) is 4.92. The molecule has 0 bridgehead atoms. The minimum atomic E-state index is 0.692. The number of fused-ring (bicyclic) bond motifs is 1. The van der Waals surface area contributed by atoms with Gasteiger partial charge in [-0.05, 0) is 63.2 Å². The van der Waals surface area contributed by atoms with Crippen LogP contribution in [0.4, 0.5) is 0 Å². The van der Waals surface area contributed by atoms with Gasteiger partial charge < -0.3 is 0 Å². The van der Waals surface area contributed by atoms with Crippen molar-refractivity contribution in [3.05, 3.63) is 102 Å². The molecule has 0 saturated heterocycles. The summed E-state index contributed by atoms with van der Waals surface area (Å²) in [7, 11) is 0. The van der Waals surface area contributed by atoms with Crippen molar-refractivity contribution in [1.82, 2.24) is 4.98 Å². The van der Waals surface area contributed by atoms with Crippen LogP contribution in [0.5, 0.6) is 0 Å². The van der Waals surface area contributed by atoms with E-state index < -0.39 is 0 Å². The first-order valence-corrected chi connectivity index (χ1v) is 12.1. The van der Waals surface area contributed by atoms with Crippen LogP contribution in [0.15, 0.2) is 91.0 Å². The minimum Gasteiger partial charge on any atom is -0.236 e. The number of aromatic nitrogens is 1. The number of para-hydroxylation sites is 1. The molecule has 1 heterocycles. The maximum atomic E-state index is 10.1. The third kappa shape index (κ3) is 2.70. The Labute approximate surface area is 200 Å². The zero-order valence-corrected chi connectivity index (χ0v) is 19.3. The molecule has 0 aliphatic carbocycles. The molecule has 0 fully saturated rings. The van der Waals surface area contributed by atoms with E-state index in [4.69, 9.17) is 4.98 Å². The molecule has 6 aromatic carbocycles. The van der Waals surface area contributed by atoms with Crippen molar-refractivity contribution >= 4 is 53.9 Å². The summed E-state index contributed by atoms with van der Waals surface area (Å²) in [6.07, 6.45) is 0. The molecular weight excluding hydrogens is 432 g/mol. The number of hydrogen-bond donors (Lipinski definition) is 0.